The van der Waals surface area contributed by atoms with E-state index in [0.29, 0.717) is 44.1 Å². The van der Waals surface area contributed by atoms with Crippen LogP contribution >= 0.6 is 0 Å². The van der Waals surface area contributed by atoms with Crippen molar-refractivity contribution in [2.45, 2.75) is 271 Å². The van der Waals surface area contributed by atoms with E-state index in [1.165, 1.54) is 12.7 Å². The summed E-state index contributed by atoms with van der Waals surface area (Å²) in [6.45, 7) is 11.3. The molecule has 0 radical (unpaired) electrons. The van der Waals surface area contributed by atoms with Crippen molar-refractivity contribution in [2.24, 2.45) is 28.6 Å². The third kappa shape index (κ3) is 12.5. The van der Waals surface area contributed by atoms with E-state index in [1.807, 2.05) is 13.8 Å². The highest BCUT2D eigenvalue weighted by atomic mass is 16.8. The Balaban J connectivity index is 0.778. The first-order valence-corrected chi connectivity index (χ1v) is 29.9. The zero-order chi connectivity index (χ0) is 61.1. The van der Waals surface area contributed by atoms with Crippen molar-refractivity contribution in [1.82, 2.24) is 0 Å². The number of hydrogen-bond donors (Lipinski definition) is 12. The quantitative estimate of drug-likeness (QED) is 0.0420. The molecule has 32 unspecified atom stereocenters. The van der Waals surface area contributed by atoms with Crippen LogP contribution < -0.4 is 0 Å². The minimum atomic E-state index is -1.85. The van der Waals surface area contributed by atoms with Gasteiger partial charge >= 0.3 is 5.97 Å². The average molecular weight is 1210 g/mol. The predicted molar refractivity (Wildman–Crippen MR) is 286 cm³/mol. The molecule has 0 aromatic rings. The molecule has 26 heteroatoms. The van der Waals surface area contributed by atoms with E-state index in [4.69, 9.17) is 61.6 Å². The maximum atomic E-state index is 13.1. The molecule has 0 aromatic carbocycles. The summed E-state index contributed by atoms with van der Waals surface area (Å²) < 4.78 is 77.8. The third-order valence-electron chi connectivity index (χ3n) is 20.9. The molecule has 3 saturated carbocycles. The smallest absolute Gasteiger partial charge is 0.333 e. The molecule has 0 bridgehead atoms. The number of aliphatic hydroxyl groups is 12. The lowest BCUT2D eigenvalue weighted by Gasteiger charge is -2.61. The fourth-order valence-electron chi connectivity index (χ4n) is 15.5. The van der Waals surface area contributed by atoms with Gasteiger partial charge in [0.05, 0.1) is 55.9 Å². The highest BCUT2D eigenvalue weighted by molar-refractivity contribution is 5.87. The summed E-state index contributed by atoms with van der Waals surface area (Å²) in [4.78, 5) is 12.6. The topological polar surface area (TPSA) is 380 Å². The second-order valence-corrected chi connectivity index (χ2v) is 25.5. The molecule has 4 aliphatic carbocycles. The molecule has 9 rings (SSSR count). The summed E-state index contributed by atoms with van der Waals surface area (Å²) in [5.41, 5.74) is -0.141. The Hall–Kier alpha value is -2.01. The first-order valence-electron chi connectivity index (χ1n) is 29.9. The van der Waals surface area contributed by atoms with Gasteiger partial charge < -0.3 is 123 Å². The first kappa shape index (κ1) is 66.4. The van der Waals surface area contributed by atoms with Gasteiger partial charge in [0.15, 0.2) is 37.6 Å². The standard InChI is InChI=1S/C58H94O26/c1-10-24(2)51(70)83-49-27(5)78-55(47(69)50(49)73-9)84-48-26(4)76-37(20-33(48)72-8)79-29-13-16-56(6)28(19-29)11-12-32-31(56)14-17-57(7)30(15-18-58(32,57)71)25(3)77-54-46(68)43(65)40(62)36(82-54)23-75-53-45(67)42(64)39(61)35(81-53)22-74-52-44(66)41(63)38(60)34(21-59)80-52/h10-11,25-27,29-50,52-55,59-69,71H,12-23H2,1-9H3. The van der Waals surface area contributed by atoms with Gasteiger partial charge in [0.2, 0.25) is 0 Å². The van der Waals surface area contributed by atoms with E-state index >= 15 is 0 Å². The van der Waals surface area contributed by atoms with E-state index in [1.54, 1.807) is 34.0 Å². The summed E-state index contributed by atoms with van der Waals surface area (Å²) >= 11 is 0. The van der Waals surface area contributed by atoms with Crippen LogP contribution in [0.25, 0.3) is 0 Å². The van der Waals surface area contributed by atoms with Crippen molar-refractivity contribution >= 4 is 5.97 Å². The maximum absolute atomic E-state index is 13.1. The van der Waals surface area contributed by atoms with Gasteiger partial charge in [0, 0.05) is 31.6 Å². The molecule has 32 atom stereocenters. The fraction of sp³-hybridized carbons (Fsp3) is 0.914. The minimum absolute atomic E-state index is 0.0513. The summed E-state index contributed by atoms with van der Waals surface area (Å²) in [6.07, 6.45) is -22.5. The largest absolute Gasteiger partial charge is 0.453 e. The van der Waals surface area contributed by atoms with Crippen LogP contribution in [0.3, 0.4) is 0 Å². The zero-order valence-corrected chi connectivity index (χ0v) is 49.5. The third-order valence-corrected chi connectivity index (χ3v) is 20.9. The number of aliphatic hydroxyl groups excluding tert-OH is 11. The number of allylic oxidation sites excluding steroid dienone is 2. The first-order chi connectivity index (χ1) is 39.7. The molecule has 5 aliphatic heterocycles. The highest BCUT2D eigenvalue weighted by Crippen LogP contribution is 2.68. The molecule has 26 nitrogen and oxygen atoms in total. The van der Waals surface area contributed by atoms with Crippen molar-refractivity contribution in [3.63, 3.8) is 0 Å². The van der Waals surface area contributed by atoms with Gasteiger partial charge in [-0.25, -0.2) is 4.79 Å². The zero-order valence-electron chi connectivity index (χ0n) is 49.5. The second-order valence-electron chi connectivity index (χ2n) is 25.5. The van der Waals surface area contributed by atoms with Crippen molar-refractivity contribution in [1.29, 1.82) is 0 Å². The monoisotopic (exact) mass is 1210 g/mol. The molecule has 0 aromatic heterocycles. The molecule has 9 aliphatic rings. The van der Waals surface area contributed by atoms with Crippen LogP contribution in [0.4, 0.5) is 0 Å². The average Bonchev–Trinajstić information content (AvgIpc) is 1.45. The number of hydrogen-bond acceptors (Lipinski definition) is 26. The van der Waals surface area contributed by atoms with Crippen LogP contribution in [0.5, 0.6) is 0 Å². The van der Waals surface area contributed by atoms with Crippen LogP contribution in [0.1, 0.15) is 106 Å². The van der Waals surface area contributed by atoms with Crippen molar-refractivity contribution in [3.05, 3.63) is 23.3 Å². The number of fused-ring (bicyclic) bond motifs is 5. The SMILES string of the molecule is CC=C(C)C(=O)OC1C(C)OC(OC2C(C)OC(OC3CCC4(C)C(=CCC5C4CCC4(C)C(C(C)OC6OC(COC7OC(COC8OC(CO)C(O)C(O)C8O)C(O)C(O)C7O)C(O)C(O)C6O)CCC54O)C3)CC2OC)C(O)C1OC. The number of carbonyl (C=O) groups is 1. The molecule has 0 spiro atoms. The molecule has 84 heavy (non-hydrogen) atoms. The summed E-state index contributed by atoms with van der Waals surface area (Å²) in [5.74, 6) is -0.604. The minimum Gasteiger partial charge on any atom is -0.453 e. The van der Waals surface area contributed by atoms with E-state index < -0.39 is 190 Å². The van der Waals surface area contributed by atoms with Gasteiger partial charge in [-0.05, 0) is 109 Å². The molecular weight excluding hydrogens is 1110 g/mol. The Morgan fingerprint density at radius 1 is 0.667 bits per heavy atom. The highest BCUT2D eigenvalue weighted by Gasteiger charge is 2.67. The van der Waals surface area contributed by atoms with Gasteiger partial charge in [-0.15, -0.1) is 0 Å². The van der Waals surface area contributed by atoms with Crippen molar-refractivity contribution in [3.8, 4) is 0 Å². The van der Waals surface area contributed by atoms with Crippen LogP contribution in [-0.4, -0.2) is 267 Å². The predicted octanol–water partition coefficient (Wildman–Crippen LogP) is -1.55. The molecular formula is C58H94O26. The van der Waals surface area contributed by atoms with Crippen LogP contribution in [0.15, 0.2) is 23.3 Å². The lowest BCUT2D eigenvalue weighted by atomic mass is 9.45. The van der Waals surface area contributed by atoms with Gasteiger partial charge in [-0.1, -0.05) is 31.6 Å². The Kier molecular flexibility index (Phi) is 21.2. The Morgan fingerprint density at radius 3 is 1.85 bits per heavy atom. The summed E-state index contributed by atoms with van der Waals surface area (Å²) in [5, 5.41) is 130. The Bertz CT molecular complexity index is 2260. The number of ether oxygens (including phenoxy) is 13. The van der Waals surface area contributed by atoms with Crippen molar-refractivity contribution < 1.29 is 128 Å². The number of esters is 1. The molecule has 12 N–H and O–H groups in total. The van der Waals surface area contributed by atoms with E-state index in [9.17, 15) is 66.1 Å². The molecule has 0 amide bonds. The molecule has 5 saturated heterocycles. The summed E-state index contributed by atoms with van der Waals surface area (Å²) in [6, 6.07) is 0. The van der Waals surface area contributed by atoms with Gasteiger partial charge in [-0.3, -0.25) is 0 Å². The normalized spacial score (nSPS) is 51.2. The number of methoxy groups -OCH3 is 2. The van der Waals surface area contributed by atoms with Gasteiger partial charge in [0.1, 0.15) is 91.6 Å². The van der Waals surface area contributed by atoms with Gasteiger partial charge in [0.25, 0.3) is 0 Å². The number of carbonyl (C=O) groups excluding carboxylic acids is 1. The Labute approximate surface area is 489 Å². The maximum Gasteiger partial charge on any atom is 0.333 e. The van der Waals surface area contributed by atoms with Crippen LogP contribution in [-0.2, 0) is 66.4 Å². The summed E-state index contributed by atoms with van der Waals surface area (Å²) in [7, 11) is 3.02. The second kappa shape index (κ2) is 26.8. The van der Waals surface area contributed by atoms with Crippen LogP contribution in [0.2, 0.25) is 0 Å². The van der Waals surface area contributed by atoms with E-state index in [0.717, 1.165) is 19.3 Å². The van der Waals surface area contributed by atoms with E-state index in [2.05, 4.69) is 19.9 Å². The Morgan fingerprint density at radius 2 is 1.25 bits per heavy atom. The van der Waals surface area contributed by atoms with Crippen molar-refractivity contribution in [2.75, 3.05) is 34.0 Å². The van der Waals surface area contributed by atoms with Gasteiger partial charge in [-0.2, -0.15) is 0 Å². The molecule has 482 valence electrons. The number of rotatable bonds is 18. The van der Waals surface area contributed by atoms with E-state index in [-0.39, 0.29) is 29.3 Å². The lowest BCUT2D eigenvalue weighted by molar-refractivity contribution is -0.346. The van der Waals surface area contributed by atoms with Crippen LogP contribution in [0, 0.1) is 28.6 Å². The lowest BCUT2D eigenvalue weighted by Crippen LogP contribution is -2.63. The molecule has 8 fully saturated rings. The fourth-order valence-corrected chi connectivity index (χ4v) is 15.5. The molecule has 5 heterocycles.